The van der Waals surface area contributed by atoms with Crippen molar-refractivity contribution in [1.82, 2.24) is 4.98 Å². The Labute approximate surface area is 88.1 Å². The number of carbonyl (C=O) groups is 1. The van der Waals surface area contributed by atoms with Crippen LogP contribution in [0.5, 0.6) is 0 Å². The van der Waals surface area contributed by atoms with Crippen LogP contribution in [-0.2, 0) is 0 Å². The van der Waals surface area contributed by atoms with E-state index in [4.69, 9.17) is 4.42 Å². The van der Waals surface area contributed by atoms with Crippen LogP contribution in [0.15, 0.2) is 29.0 Å². The highest BCUT2D eigenvalue weighted by Gasteiger charge is 2.23. The molecule has 2 rings (SSSR count). The van der Waals surface area contributed by atoms with Gasteiger partial charge in [-0.1, -0.05) is 20.8 Å². The maximum Gasteiger partial charge on any atom is 0.181 e. The summed E-state index contributed by atoms with van der Waals surface area (Å²) in [5, 5.41) is 0. The van der Waals surface area contributed by atoms with E-state index in [9.17, 15) is 4.79 Å². The fraction of sp³-hybridized carbons (Fsp3) is 0.333. The first kappa shape index (κ1) is 9.90. The Kier molecular flexibility index (Phi) is 2.11. The molecular formula is C12H13NO2. The third-order valence-electron chi connectivity index (χ3n) is 2.27. The van der Waals surface area contributed by atoms with Crippen LogP contribution in [0.3, 0.4) is 0 Å². The van der Waals surface area contributed by atoms with Crippen molar-refractivity contribution in [1.29, 1.82) is 0 Å². The smallest absolute Gasteiger partial charge is 0.181 e. The monoisotopic (exact) mass is 203 g/mol. The van der Waals surface area contributed by atoms with E-state index in [0.717, 1.165) is 5.52 Å². The molecule has 2 aromatic rings. The van der Waals surface area contributed by atoms with E-state index in [0.29, 0.717) is 11.1 Å². The lowest BCUT2D eigenvalue weighted by Crippen LogP contribution is -2.19. The molecule has 78 valence electrons. The van der Waals surface area contributed by atoms with Gasteiger partial charge in [0.15, 0.2) is 17.8 Å². The second kappa shape index (κ2) is 3.19. The molecule has 0 aliphatic heterocycles. The quantitative estimate of drug-likeness (QED) is 0.669. The van der Waals surface area contributed by atoms with Gasteiger partial charge in [-0.15, -0.1) is 0 Å². The van der Waals surface area contributed by atoms with Crippen molar-refractivity contribution in [2.45, 2.75) is 20.8 Å². The predicted molar refractivity (Wildman–Crippen MR) is 57.8 cm³/mol. The SMILES string of the molecule is CC(C)(C)C(=O)c1ccc2ncoc2c1. The summed E-state index contributed by atoms with van der Waals surface area (Å²) in [6.45, 7) is 5.71. The van der Waals surface area contributed by atoms with Gasteiger partial charge >= 0.3 is 0 Å². The number of hydrogen-bond acceptors (Lipinski definition) is 3. The van der Waals surface area contributed by atoms with Crippen molar-refractivity contribution in [3.8, 4) is 0 Å². The molecule has 0 aliphatic carbocycles. The Hall–Kier alpha value is -1.64. The number of benzene rings is 1. The van der Waals surface area contributed by atoms with Gasteiger partial charge in [0.25, 0.3) is 0 Å². The van der Waals surface area contributed by atoms with Crippen molar-refractivity contribution in [3.05, 3.63) is 30.2 Å². The number of fused-ring (bicyclic) bond motifs is 1. The topological polar surface area (TPSA) is 43.1 Å². The van der Waals surface area contributed by atoms with Gasteiger partial charge in [0.1, 0.15) is 5.52 Å². The number of hydrogen-bond donors (Lipinski definition) is 0. The average molecular weight is 203 g/mol. The van der Waals surface area contributed by atoms with Crippen molar-refractivity contribution in [2.75, 3.05) is 0 Å². The van der Waals surface area contributed by atoms with Gasteiger partial charge in [0.05, 0.1) is 0 Å². The van der Waals surface area contributed by atoms with E-state index < -0.39 is 0 Å². The number of ketones is 1. The second-order valence-electron chi connectivity index (χ2n) is 4.61. The zero-order valence-corrected chi connectivity index (χ0v) is 9.07. The van der Waals surface area contributed by atoms with Gasteiger partial charge in [0.2, 0.25) is 0 Å². The highest BCUT2D eigenvalue weighted by molar-refractivity contribution is 6.01. The molecule has 1 aromatic heterocycles. The molecule has 3 heteroatoms. The predicted octanol–water partition coefficient (Wildman–Crippen LogP) is 3.06. The lowest BCUT2D eigenvalue weighted by molar-refractivity contribution is 0.0858. The molecule has 15 heavy (non-hydrogen) atoms. The fourth-order valence-corrected chi connectivity index (χ4v) is 1.43. The molecular weight excluding hydrogens is 190 g/mol. The van der Waals surface area contributed by atoms with Crippen molar-refractivity contribution < 1.29 is 9.21 Å². The first-order valence-corrected chi connectivity index (χ1v) is 4.86. The van der Waals surface area contributed by atoms with Crippen LogP contribution < -0.4 is 0 Å². The third kappa shape index (κ3) is 1.77. The minimum absolute atomic E-state index is 0.112. The van der Waals surface area contributed by atoms with E-state index in [2.05, 4.69) is 4.98 Å². The van der Waals surface area contributed by atoms with Gasteiger partial charge in [0, 0.05) is 11.0 Å². The van der Waals surface area contributed by atoms with Gasteiger partial charge in [-0.3, -0.25) is 4.79 Å². The van der Waals surface area contributed by atoms with Crippen LogP contribution in [-0.4, -0.2) is 10.8 Å². The van der Waals surface area contributed by atoms with Gasteiger partial charge < -0.3 is 4.42 Å². The minimum atomic E-state index is -0.367. The number of nitrogens with zero attached hydrogens (tertiary/aromatic N) is 1. The van der Waals surface area contributed by atoms with Crippen LogP contribution in [0, 0.1) is 5.41 Å². The Bertz CT molecular complexity index is 506. The van der Waals surface area contributed by atoms with Gasteiger partial charge in [-0.05, 0) is 18.2 Å². The summed E-state index contributed by atoms with van der Waals surface area (Å²) in [5.41, 5.74) is 1.74. The van der Waals surface area contributed by atoms with E-state index in [1.165, 1.54) is 6.39 Å². The molecule has 0 saturated carbocycles. The molecule has 0 N–H and O–H groups in total. The van der Waals surface area contributed by atoms with Crippen molar-refractivity contribution in [2.24, 2.45) is 5.41 Å². The van der Waals surface area contributed by atoms with Crippen molar-refractivity contribution in [3.63, 3.8) is 0 Å². The molecule has 0 saturated heterocycles. The van der Waals surface area contributed by atoms with Crippen LogP contribution in [0.25, 0.3) is 11.1 Å². The maximum absolute atomic E-state index is 12.0. The summed E-state index contributed by atoms with van der Waals surface area (Å²) in [4.78, 5) is 16.0. The number of carbonyl (C=O) groups excluding carboxylic acids is 1. The molecule has 0 unspecified atom stereocenters. The Balaban J connectivity index is 2.49. The molecule has 0 atom stereocenters. The zero-order chi connectivity index (χ0) is 11.1. The summed E-state index contributed by atoms with van der Waals surface area (Å²) < 4.78 is 5.16. The molecule has 0 bridgehead atoms. The summed E-state index contributed by atoms with van der Waals surface area (Å²) >= 11 is 0. The second-order valence-corrected chi connectivity index (χ2v) is 4.61. The highest BCUT2D eigenvalue weighted by atomic mass is 16.3. The zero-order valence-electron chi connectivity index (χ0n) is 9.07. The van der Waals surface area contributed by atoms with E-state index in [1.54, 1.807) is 18.2 Å². The van der Waals surface area contributed by atoms with E-state index in [1.807, 2.05) is 20.8 Å². The molecule has 0 radical (unpaired) electrons. The maximum atomic E-state index is 12.0. The number of oxazole rings is 1. The molecule has 1 aromatic carbocycles. The van der Waals surface area contributed by atoms with Crippen LogP contribution >= 0.6 is 0 Å². The average Bonchev–Trinajstić information content (AvgIpc) is 2.61. The molecule has 0 amide bonds. The van der Waals surface area contributed by atoms with Crippen LogP contribution in [0.1, 0.15) is 31.1 Å². The number of aromatic nitrogens is 1. The van der Waals surface area contributed by atoms with Crippen LogP contribution in [0.2, 0.25) is 0 Å². The van der Waals surface area contributed by atoms with Crippen molar-refractivity contribution >= 4 is 16.9 Å². The molecule has 1 heterocycles. The molecule has 0 spiro atoms. The van der Waals surface area contributed by atoms with Gasteiger partial charge in [-0.25, -0.2) is 4.98 Å². The lowest BCUT2D eigenvalue weighted by atomic mass is 9.86. The molecule has 0 fully saturated rings. The highest BCUT2D eigenvalue weighted by Crippen LogP contribution is 2.23. The van der Waals surface area contributed by atoms with E-state index in [-0.39, 0.29) is 11.2 Å². The Morgan fingerprint density at radius 1 is 1.33 bits per heavy atom. The Morgan fingerprint density at radius 2 is 2.07 bits per heavy atom. The molecule has 3 nitrogen and oxygen atoms in total. The summed E-state index contributed by atoms with van der Waals surface area (Å²) in [5.74, 6) is 0.112. The Morgan fingerprint density at radius 3 is 2.73 bits per heavy atom. The number of rotatable bonds is 1. The first-order valence-electron chi connectivity index (χ1n) is 4.86. The lowest BCUT2D eigenvalue weighted by Gasteiger charge is -2.16. The molecule has 0 aliphatic rings. The summed E-state index contributed by atoms with van der Waals surface area (Å²) in [6, 6.07) is 5.34. The first-order chi connectivity index (χ1) is 6.98. The normalized spacial score (nSPS) is 11.9. The largest absolute Gasteiger partial charge is 0.443 e. The number of Topliss-reactive ketones (excluding diaryl/α,β-unsaturated/α-hetero) is 1. The van der Waals surface area contributed by atoms with Gasteiger partial charge in [-0.2, -0.15) is 0 Å². The standard InChI is InChI=1S/C12H13NO2/c1-12(2,3)11(14)8-4-5-9-10(6-8)15-7-13-9/h4-7H,1-3H3. The third-order valence-corrected chi connectivity index (χ3v) is 2.27. The van der Waals surface area contributed by atoms with E-state index >= 15 is 0 Å². The summed E-state index contributed by atoms with van der Waals surface area (Å²) in [7, 11) is 0. The summed E-state index contributed by atoms with van der Waals surface area (Å²) in [6.07, 6.45) is 1.38. The minimum Gasteiger partial charge on any atom is -0.443 e. The fourth-order valence-electron chi connectivity index (χ4n) is 1.43. The van der Waals surface area contributed by atoms with Crippen LogP contribution in [0.4, 0.5) is 0 Å².